The average molecular weight is 449 g/mol. The van der Waals surface area contributed by atoms with Crippen molar-refractivity contribution < 1.29 is 23.5 Å². The predicted molar refractivity (Wildman–Crippen MR) is 126 cm³/mol. The number of esters is 1. The molecule has 0 aromatic carbocycles. The van der Waals surface area contributed by atoms with Crippen molar-refractivity contribution in [1.82, 2.24) is 0 Å². The minimum atomic E-state index is -2.13. The Morgan fingerprint density at radius 3 is 1.66 bits per heavy atom. The molecule has 0 aliphatic rings. The molecule has 0 saturated heterocycles. The number of hydrogen-bond acceptors (Lipinski definition) is 5. The molecule has 7 heteroatoms. The van der Waals surface area contributed by atoms with Crippen LogP contribution in [0.2, 0.25) is 36.3 Å². The van der Waals surface area contributed by atoms with Gasteiger partial charge in [0, 0.05) is 12.5 Å². The molecule has 0 fully saturated rings. The summed E-state index contributed by atoms with van der Waals surface area (Å²) < 4.78 is 18.5. The van der Waals surface area contributed by atoms with E-state index in [1.807, 2.05) is 6.92 Å². The lowest BCUT2D eigenvalue weighted by Gasteiger charge is -2.46. The van der Waals surface area contributed by atoms with Crippen LogP contribution in [0.15, 0.2) is 0 Å². The highest BCUT2D eigenvalue weighted by atomic mass is 28.4. The van der Waals surface area contributed by atoms with E-state index in [4.69, 9.17) is 13.6 Å². The normalized spacial score (nSPS) is 18.1. The summed E-state index contributed by atoms with van der Waals surface area (Å²) in [6.07, 6.45) is 0.0197. The fourth-order valence-electron chi connectivity index (χ4n) is 2.82. The van der Waals surface area contributed by atoms with Gasteiger partial charge < -0.3 is 18.7 Å². The van der Waals surface area contributed by atoms with E-state index in [-0.39, 0.29) is 40.8 Å². The molecular weight excluding hydrogens is 400 g/mol. The number of hydrogen-bond donors (Lipinski definition) is 1. The minimum absolute atomic E-state index is 0.0214. The lowest BCUT2D eigenvalue weighted by atomic mass is 9.88. The minimum Gasteiger partial charge on any atom is -0.469 e. The van der Waals surface area contributed by atoms with Gasteiger partial charge in [-0.2, -0.15) is 0 Å². The quantitative estimate of drug-likeness (QED) is 0.348. The average Bonchev–Trinajstić information content (AvgIpc) is 2.55. The molecule has 0 heterocycles. The molecule has 0 aliphatic heterocycles. The highest BCUT2D eigenvalue weighted by Gasteiger charge is 2.46. The van der Waals surface area contributed by atoms with Gasteiger partial charge in [0.05, 0.1) is 25.2 Å². The maximum atomic E-state index is 12.4. The first-order valence-electron chi connectivity index (χ1n) is 10.9. The Balaban J connectivity index is 6.00. The van der Waals surface area contributed by atoms with Crippen LogP contribution in [0.5, 0.6) is 0 Å². The predicted octanol–water partition coefficient (Wildman–Crippen LogP) is 5.59. The van der Waals surface area contributed by atoms with Crippen LogP contribution in [-0.4, -0.2) is 53.6 Å². The molecule has 4 atom stereocenters. The SMILES string of the molecule is COC(=O)[C@H](C)[C@@H](O[Si](C)(C)C(C)(C)C)[C@@H](C)[C@H](CCO)O[Si](C)(C)C(C)(C)C. The molecule has 0 aromatic rings. The number of carbonyl (C=O) groups excluding carboxylic acids is 1. The summed E-state index contributed by atoms with van der Waals surface area (Å²) >= 11 is 0. The van der Waals surface area contributed by atoms with Crippen LogP contribution >= 0.6 is 0 Å². The molecule has 29 heavy (non-hydrogen) atoms. The summed E-state index contributed by atoms with van der Waals surface area (Å²) in [5.74, 6) is -0.733. The van der Waals surface area contributed by atoms with Gasteiger partial charge in [-0.15, -0.1) is 0 Å². The molecule has 174 valence electrons. The van der Waals surface area contributed by atoms with Crippen molar-refractivity contribution in [3.8, 4) is 0 Å². The number of aliphatic hydroxyl groups excluding tert-OH is 1. The largest absolute Gasteiger partial charge is 0.469 e. The fourth-order valence-corrected chi connectivity index (χ4v) is 5.72. The second-order valence-corrected chi connectivity index (χ2v) is 21.0. The maximum absolute atomic E-state index is 12.4. The third-order valence-electron chi connectivity index (χ3n) is 7.07. The molecule has 5 nitrogen and oxygen atoms in total. The Morgan fingerprint density at radius 1 is 0.897 bits per heavy atom. The highest BCUT2D eigenvalue weighted by Crippen LogP contribution is 2.42. The maximum Gasteiger partial charge on any atom is 0.310 e. The second kappa shape index (κ2) is 10.4. The van der Waals surface area contributed by atoms with Crippen LogP contribution in [0.4, 0.5) is 0 Å². The Hall–Kier alpha value is -0.216. The fraction of sp³-hybridized carbons (Fsp3) is 0.955. The van der Waals surface area contributed by atoms with E-state index in [0.29, 0.717) is 6.42 Å². The van der Waals surface area contributed by atoms with E-state index < -0.39 is 22.6 Å². The van der Waals surface area contributed by atoms with E-state index in [0.717, 1.165) is 0 Å². The molecule has 0 unspecified atom stereocenters. The summed E-state index contributed by atoms with van der Waals surface area (Å²) in [5.41, 5.74) is 0. The molecular formula is C22H48O5Si2. The zero-order valence-electron chi connectivity index (χ0n) is 21.3. The summed E-state index contributed by atoms with van der Waals surface area (Å²) in [6.45, 7) is 26.1. The number of carbonyl (C=O) groups is 1. The molecule has 0 saturated carbocycles. The first-order valence-corrected chi connectivity index (χ1v) is 16.7. The van der Waals surface area contributed by atoms with Crippen molar-refractivity contribution in [3.63, 3.8) is 0 Å². The van der Waals surface area contributed by atoms with E-state index in [1.54, 1.807) is 0 Å². The van der Waals surface area contributed by atoms with Gasteiger partial charge in [0.25, 0.3) is 0 Å². The van der Waals surface area contributed by atoms with E-state index in [2.05, 4.69) is 74.7 Å². The number of aliphatic hydroxyl groups is 1. The third kappa shape index (κ3) is 7.76. The summed E-state index contributed by atoms with van der Waals surface area (Å²) in [7, 11) is -2.76. The van der Waals surface area contributed by atoms with Gasteiger partial charge in [-0.25, -0.2) is 0 Å². The first-order chi connectivity index (χ1) is 12.8. The van der Waals surface area contributed by atoms with Crippen LogP contribution in [0.3, 0.4) is 0 Å². The third-order valence-corrected chi connectivity index (χ3v) is 16.1. The van der Waals surface area contributed by atoms with Crippen molar-refractivity contribution in [2.75, 3.05) is 13.7 Å². The van der Waals surface area contributed by atoms with Crippen molar-refractivity contribution >= 4 is 22.6 Å². The number of rotatable bonds is 10. The molecule has 0 rings (SSSR count). The number of methoxy groups -OCH3 is 1. The standard InChI is InChI=1S/C22H48O5Si2/c1-16(18(14-15-23)26-28(10,11)21(3,4)5)19(17(2)20(24)25-9)27-29(12,13)22(6,7)8/h16-19,23H,14-15H2,1-13H3/t16-,17+,18-,19-/m0/s1. The van der Waals surface area contributed by atoms with Gasteiger partial charge in [-0.1, -0.05) is 48.5 Å². The Morgan fingerprint density at radius 2 is 1.31 bits per heavy atom. The zero-order valence-corrected chi connectivity index (χ0v) is 23.3. The summed E-state index contributed by atoms with van der Waals surface area (Å²) in [5, 5.41) is 9.82. The smallest absolute Gasteiger partial charge is 0.310 e. The van der Waals surface area contributed by atoms with Crippen LogP contribution in [0.1, 0.15) is 61.8 Å². The van der Waals surface area contributed by atoms with Gasteiger partial charge in [0.2, 0.25) is 0 Å². The van der Waals surface area contributed by atoms with Crippen molar-refractivity contribution in [1.29, 1.82) is 0 Å². The van der Waals surface area contributed by atoms with Crippen molar-refractivity contribution in [2.24, 2.45) is 11.8 Å². The van der Waals surface area contributed by atoms with E-state index in [9.17, 15) is 9.90 Å². The molecule has 0 bridgehead atoms. The lowest BCUT2D eigenvalue weighted by Crippen LogP contribution is -2.53. The van der Waals surface area contributed by atoms with E-state index >= 15 is 0 Å². The molecule has 0 radical (unpaired) electrons. The molecule has 0 amide bonds. The summed E-state index contributed by atoms with van der Waals surface area (Å²) in [6, 6.07) is 0. The Bertz CT molecular complexity index is 520. The summed E-state index contributed by atoms with van der Waals surface area (Å²) in [4.78, 5) is 12.4. The zero-order chi connectivity index (χ0) is 23.4. The van der Waals surface area contributed by atoms with Crippen molar-refractivity contribution in [3.05, 3.63) is 0 Å². The van der Waals surface area contributed by atoms with Gasteiger partial charge in [0.1, 0.15) is 0 Å². The monoisotopic (exact) mass is 448 g/mol. The van der Waals surface area contributed by atoms with Crippen LogP contribution in [0, 0.1) is 11.8 Å². The van der Waals surface area contributed by atoms with Gasteiger partial charge >= 0.3 is 5.97 Å². The first kappa shape index (κ1) is 28.8. The van der Waals surface area contributed by atoms with Gasteiger partial charge in [0.15, 0.2) is 16.6 Å². The van der Waals surface area contributed by atoms with Crippen LogP contribution in [-0.2, 0) is 18.4 Å². The van der Waals surface area contributed by atoms with Crippen LogP contribution in [0.25, 0.3) is 0 Å². The Labute approximate surface area is 182 Å². The second-order valence-electron chi connectivity index (χ2n) is 11.4. The van der Waals surface area contributed by atoms with Crippen molar-refractivity contribution in [2.45, 2.75) is 110 Å². The Kier molecular flexibility index (Phi) is 10.3. The molecule has 0 aliphatic carbocycles. The molecule has 1 N–H and O–H groups in total. The molecule has 0 aromatic heterocycles. The van der Waals surface area contributed by atoms with Crippen LogP contribution < -0.4 is 0 Å². The number of ether oxygens (including phenoxy) is 1. The topological polar surface area (TPSA) is 65.0 Å². The van der Waals surface area contributed by atoms with Gasteiger partial charge in [-0.05, 0) is 49.6 Å². The lowest BCUT2D eigenvalue weighted by molar-refractivity contribution is -0.150. The molecule has 0 spiro atoms. The van der Waals surface area contributed by atoms with Gasteiger partial charge in [-0.3, -0.25) is 4.79 Å². The highest BCUT2D eigenvalue weighted by molar-refractivity contribution is 6.74. The van der Waals surface area contributed by atoms with E-state index in [1.165, 1.54) is 7.11 Å².